The van der Waals surface area contributed by atoms with Crippen molar-refractivity contribution in [3.05, 3.63) is 73.1 Å². The topological polar surface area (TPSA) is 117 Å². The molecule has 0 spiro atoms. The van der Waals surface area contributed by atoms with Crippen LogP contribution in [0, 0.1) is 11.3 Å². The van der Waals surface area contributed by atoms with Gasteiger partial charge >= 0.3 is 0 Å². The summed E-state index contributed by atoms with van der Waals surface area (Å²) >= 11 is 0. The minimum Gasteiger partial charge on any atom is -0.457 e. The van der Waals surface area contributed by atoms with Gasteiger partial charge in [-0.2, -0.15) is 5.26 Å². The number of amides is 1. The number of nitrogens with one attached hydrogen (secondary N) is 1. The Kier molecular flexibility index (Phi) is 6.51. The molecule has 8 nitrogen and oxygen atoms in total. The van der Waals surface area contributed by atoms with Crippen LogP contribution in [-0.4, -0.2) is 39.9 Å². The Balaban J connectivity index is 1.52. The van der Waals surface area contributed by atoms with Crippen LogP contribution in [0.15, 0.2) is 73.1 Å². The molecule has 166 valence electrons. The van der Waals surface area contributed by atoms with Crippen molar-refractivity contribution < 1.29 is 9.53 Å². The number of rotatable bonds is 6. The number of nitrogen functional groups attached to an aromatic ring is 1. The van der Waals surface area contributed by atoms with Crippen molar-refractivity contribution in [3.63, 3.8) is 0 Å². The number of carbonyl (C=O) groups excluding carboxylic acids is 1. The fourth-order valence-electron chi connectivity index (χ4n) is 3.82. The number of hydrogen-bond acceptors (Lipinski definition) is 7. The predicted molar refractivity (Wildman–Crippen MR) is 126 cm³/mol. The third-order valence-corrected chi connectivity index (χ3v) is 5.44. The highest BCUT2D eigenvalue weighted by Gasteiger charge is 2.26. The molecule has 0 bridgehead atoms. The van der Waals surface area contributed by atoms with Crippen molar-refractivity contribution in [2.24, 2.45) is 0 Å². The summed E-state index contributed by atoms with van der Waals surface area (Å²) in [5, 5.41) is 12.4. The zero-order valence-corrected chi connectivity index (χ0v) is 18.1. The number of anilines is 2. The Labute approximate surface area is 192 Å². The van der Waals surface area contributed by atoms with Gasteiger partial charge in [0.25, 0.3) is 5.91 Å². The fraction of sp³-hybridized carbons (Fsp3) is 0.200. The molecule has 3 aromatic rings. The van der Waals surface area contributed by atoms with Gasteiger partial charge in [0, 0.05) is 19.1 Å². The lowest BCUT2D eigenvalue weighted by Gasteiger charge is -2.33. The van der Waals surface area contributed by atoms with Gasteiger partial charge in [-0.3, -0.25) is 4.79 Å². The minimum atomic E-state index is -0.333. The number of ether oxygens (including phenoxy) is 1. The molecule has 1 amide bonds. The maximum Gasteiger partial charge on any atom is 0.263 e. The van der Waals surface area contributed by atoms with Crippen molar-refractivity contribution in [1.82, 2.24) is 14.9 Å². The molecule has 33 heavy (non-hydrogen) atoms. The summed E-state index contributed by atoms with van der Waals surface area (Å²) in [6.07, 6.45) is 3.08. The van der Waals surface area contributed by atoms with Gasteiger partial charge in [-0.1, -0.05) is 36.9 Å². The number of hydrogen-bond donors (Lipinski definition) is 2. The van der Waals surface area contributed by atoms with E-state index in [0.29, 0.717) is 36.0 Å². The van der Waals surface area contributed by atoms with Crippen LogP contribution in [0.5, 0.6) is 11.5 Å². The van der Waals surface area contributed by atoms with E-state index in [9.17, 15) is 4.79 Å². The summed E-state index contributed by atoms with van der Waals surface area (Å²) in [6, 6.07) is 18.9. The van der Waals surface area contributed by atoms with Gasteiger partial charge in [-0.25, -0.2) is 9.97 Å². The Morgan fingerprint density at radius 1 is 1.15 bits per heavy atom. The van der Waals surface area contributed by atoms with Crippen LogP contribution in [0.25, 0.3) is 11.1 Å². The first-order valence-electron chi connectivity index (χ1n) is 10.6. The Morgan fingerprint density at radius 2 is 1.88 bits per heavy atom. The van der Waals surface area contributed by atoms with Crippen LogP contribution in [0.2, 0.25) is 0 Å². The van der Waals surface area contributed by atoms with Crippen LogP contribution in [0.3, 0.4) is 0 Å². The zero-order valence-electron chi connectivity index (χ0n) is 18.1. The summed E-state index contributed by atoms with van der Waals surface area (Å²) in [5.41, 5.74) is 7.70. The zero-order chi connectivity index (χ0) is 23.2. The highest BCUT2D eigenvalue weighted by Crippen LogP contribution is 2.33. The Hall–Kier alpha value is -4.38. The van der Waals surface area contributed by atoms with E-state index in [1.807, 2.05) is 60.7 Å². The first-order valence-corrected chi connectivity index (χ1v) is 10.6. The molecule has 0 unspecified atom stereocenters. The SMILES string of the molecule is C=C(C#N)C(=O)N1CCC[C@H](Nc2ncnc(N)c2-c2ccc(Oc3ccccc3)cc2)C1. The summed E-state index contributed by atoms with van der Waals surface area (Å²) in [4.78, 5) is 22.6. The van der Waals surface area contributed by atoms with Crippen molar-refractivity contribution in [2.75, 3.05) is 24.1 Å². The summed E-state index contributed by atoms with van der Waals surface area (Å²) in [5.74, 6) is 2.07. The van der Waals surface area contributed by atoms with Crippen molar-refractivity contribution >= 4 is 17.5 Å². The number of nitriles is 1. The number of carbonyl (C=O) groups is 1. The van der Waals surface area contributed by atoms with Gasteiger partial charge in [-0.15, -0.1) is 0 Å². The molecule has 1 atom stereocenters. The Morgan fingerprint density at radius 3 is 2.61 bits per heavy atom. The normalized spacial score (nSPS) is 15.4. The van der Waals surface area contributed by atoms with E-state index >= 15 is 0 Å². The van der Waals surface area contributed by atoms with Crippen LogP contribution in [0.4, 0.5) is 11.6 Å². The molecule has 1 aromatic heterocycles. The van der Waals surface area contributed by atoms with Gasteiger partial charge in [0.1, 0.15) is 41.1 Å². The molecule has 4 rings (SSSR count). The molecule has 3 N–H and O–H groups in total. The lowest BCUT2D eigenvalue weighted by molar-refractivity contribution is -0.127. The molecule has 1 fully saturated rings. The van der Waals surface area contributed by atoms with E-state index in [1.54, 1.807) is 4.90 Å². The van der Waals surface area contributed by atoms with Gasteiger partial charge in [-0.05, 0) is 42.7 Å². The largest absolute Gasteiger partial charge is 0.457 e. The average molecular weight is 441 g/mol. The second-order valence-corrected chi connectivity index (χ2v) is 7.75. The fourth-order valence-corrected chi connectivity index (χ4v) is 3.82. The minimum absolute atomic E-state index is 0.0390. The number of nitrogens with zero attached hydrogens (tertiary/aromatic N) is 4. The molecule has 8 heteroatoms. The van der Waals surface area contributed by atoms with E-state index in [4.69, 9.17) is 15.7 Å². The maximum absolute atomic E-state index is 12.4. The first-order chi connectivity index (χ1) is 16.0. The number of nitrogens with two attached hydrogens (primary N) is 1. The quantitative estimate of drug-likeness (QED) is 0.439. The molecular weight excluding hydrogens is 416 g/mol. The predicted octanol–water partition coefficient (Wildman–Crippen LogP) is 4.00. The van der Waals surface area contributed by atoms with Crippen molar-refractivity contribution in [1.29, 1.82) is 5.26 Å². The molecule has 0 saturated carbocycles. The number of piperidine rings is 1. The molecular formula is C25H24N6O2. The summed E-state index contributed by atoms with van der Waals surface area (Å²) < 4.78 is 5.87. The summed E-state index contributed by atoms with van der Waals surface area (Å²) in [6.45, 7) is 4.58. The van der Waals surface area contributed by atoms with E-state index in [2.05, 4.69) is 21.9 Å². The van der Waals surface area contributed by atoms with Crippen LogP contribution < -0.4 is 15.8 Å². The van der Waals surface area contributed by atoms with Gasteiger partial charge < -0.3 is 20.7 Å². The first kappa shape index (κ1) is 21.8. The van der Waals surface area contributed by atoms with E-state index in [0.717, 1.165) is 24.2 Å². The number of para-hydroxylation sites is 1. The van der Waals surface area contributed by atoms with E-state index in [1.165, 1.54) is 6.33 Å². The number of likely N-dealkylation sites (tertiary alicyclic amines) is 1. The van der Waals surface area contributed by atoms with Crippen LogP contribution >= 0.6 is 0 Å². The average Bonchev–Trinajstić information content (AvgIpc) is 2.85. The monoisotopic (exact) mass is 440 g/mol. The second-order valence-electron chi connectivity index (χ2n) is 7.75. The van der Waals surface area contributed by atoms with Crippen LogP contribution in [-0.2, 0) is 4.79 Å². The highest BCUT2D eigenvalue weighted by atomic mass is 16.5. The van der Waals surface area contributed by atoms with E-state index < -0.39 is 0 Å². The molecule has 2 aromatic carbocycles. The third kappa shape index (κ3) is 5.10. The molecule has 0 radical (unpaired) electrons. The number of aromatic nitrogens is 2. The third-order valence-electron chi connectivity index (χ3n) is 5.44. The maximum atomic E-state index is 12.4. The second kappa shape index (κ2) is 9.83. The smallest absolute Gasteiger partial charge is 0.263 e. The molecule has 1 aliphatic rings. The lowest BCUT2D eigenvalue weighted by Crippen LogP contribution is -2.45. The molecule has 1 saturated heterocycles. The summed E-state index contributed by atoms with van der Waals surface area (Å²) in [7, 11) is 0. The lowest BCUT2D eigenvalue weighted by atomic mass is 10.0. The molecule has 0 aliphatic carbocycles. The van der Waals surface area contributed by atoms with Gasteiger partial charge in [0.05, 0.1) is 5.56 Å². The molecule has 1 aliphatic heterocycles. The standard InChI is InChI=1S/C25H24N6O2/c1-17(14-26)25(32)31-13-5-6-19(15-31)30-24-22(23(27)28-16-29-24)18-9-11-21(12-10-18)33-20-7-3-2-4-8-20/h2-4,7-12,16,19H,1,5-6,13,15H2,(H3,27,28,29,30)/t19-/m0/s1. The van der Waals surface area contributed by atoms with Crippen LogP contribution in [0.1, 0.15) is 12.8 Å². The van der Waals surface area contributed by atoms with Crippen molar-refractivity contribution in [3.8, 4) is 28.7 Å². The van der Waals surface area contributed by atoms with Gasteiger partial charge in [0.15, 0.2) is 0 Å². The van der Waals surface area contributed by atoms with Gasteiger partial charge in [0.2, 0.25) is 0 Å². The molecule has 2 heterocycles. The highest BCUT2D eigenvalue weighted by molar-refractivity contribution is 5.96. The van der Waals surface area contributed by atoms with E-state index in [-0.39, 0.29) is 17.5 Å². The number of benzene rings is 2. The Bertz CT molecular complexity index is 1190. The van der Waals surface area contributed by atoms with Crippen molar-refractivity contribution in [2.45, 2.75) is 18.9 Å².